The Morgan fingerprint density at radius 2 is 2.27 bits per heavy atom. The third-order valence-electron chi connectivity index (χ3n) is 4.33. The predicted molar refractivity (Wildman–Crippen MR) is 81.8 cm³/mol. The van der Waals surface area contributed by atoms with Gasteiger partial charge in [0.25, 0.3) is 0 Å². The highest BCUT2D eigenvalue weighted by molar-refractivity contribution is 7.89. The molecule has 122 valence electrons. The summed E-state index contributed by atoms with van der Waals surface area (Å²) in [4.78, 5) is 4.25. The molecule has 1 spiro atoms. The van der Waals surface area contributed by atoms with Crippen LogP contribution in [0, 0.1) is 0 Å². The maximum Gasteiger partial charge on any atom is 0.214 e. The quantitative estimate of drug-likeness (QED) is 0.813. The van der Waals surface area contributed by atoms with E-state index in [1.807, 2.05) is 18.2 Å². The molecule has 22 heavy (non-hydrogen) atoms. The maximum absolute atomic E-state index is 11.8. The zero-order valence-electron chi connectivity index (χ0n) is 12.8. The first kappa shape index (κ1) is 15.9. The first-order valence-electron chi connectivity index (χ1n) is 7.66. The van der Waals surface area contributed by atoms with Gasteiger partial charge in [0.05, 0.1) is 29.8 Å². The number of hydrogen-bond donors (Lipinski definition) is 0. The summed E-state index contributed by atoms with van der Waals surface area (Å²) < 4.78 is 37.0. The summed E-state index contributed by atoms with van der Waals surface area (Å²) in [5, 5.41) is 0. The third-order valence-corrected chi connectivity index (χ3v) is 6.10. The minimum Gasteiger partial charge on any atom is -0.372 e. The molecule has 0 N–H and O–H groups in total. The van der Waals surface area contributed by atoms with Gasteiger partial charge in [-0.2, -0.15) is 4.31 Å². The lowest BCUT2D eigenvalue weighted by Crippen LogP contribution is -2.67. The Morgan fingerprint density at radius 1 is 1.45 bits per heavy atom. The molecular weight excluding hydrogens is 304 g/mol. The third kappa shape index (κ3) is 3.32. The van der Waals surface area contributed by atoms with Crippen molar-refractivity contribution in [2.45, 2.75) is 38.1 Å². The summed E-state index contributed by atoms with van der Waals surface area (Å²) in [6.45, 7) is 3.67. The molecule has 0 aromatic carbocycles. The summed E-state index contributed by atoms with van der Waals surface area (Å²) in [6.07, 6.45) is 3.44. The Kier molecular flexibility index (Phi) is 4.49. The monoisotopic (exact) mass is 326 g/mol. The first-order valence-corrected chi connectivity index (χ1v) is 9.27. The number of rotatable bonds is 5. The molecule has 1 atom stereocenters. The highest BCUT2D eigenvalue weighted by Gasteiger charge is 2.51. The van der Waals surface area contributed by atoms with E-state index in [9.17, 15) is 8.42 Å². The lowest BCUT2D eigenvalue weighted by Gasteiger charge is -2.52. The molecular formula is C15H22N2O4S. The van der Waals surface area contributed by atoms with Crippen LogP contribution in [-0.2, 0) is 26.1 Å². The van der Waals surface area contributed by atoms with Gasteiger partial charge in [-0.25, -0.2) is 8.42 Å². The molecule has 0 aliphatic carbocycles. The van der Waals surface area contributed by atoms with Gasteiger partial charge < -0.3 is 9.47 Å². The van der Waals surface area contributed by atoms with E-state index in [0.717, 1.165) is 18.5 Å². The Bertz CT molecular complexity index is 599. The predicted octanol–water partition coefficient (Wildman–Crippen LogP) is 1.18. The standard InChI is InChI=1S/C15H22N2O4S/c1-2-22(18,19)17-11-15(12-17)9-14(6-8-21-15)20-10-13-5-3-4-7-16-13/h3-5,7,14H,2,6,8-12H2,1H3/t14-/m0/s1. The van der Waals surface area contributed by atoms with Crippen molar-refractivity contribution in [3.63, 3.8) is 0 Å². The maximum atomic E-state index is 11.8. The van der Waals surface area contributed by atoms with Crippen LogP contribution < -0.4 is 0 Å². The molecule has 1 aromatic heterocycles. The normalized spacial score (nSPS) is 25.0. The minimum atomic E-state index is -3.11. The molecule has 1 aromatic rings. The average molecular weight is 326 g/mol. The van der Waals surface area contributed by atoms with E-state index >= 15 is 0 Å². The number of aromatic nitrogens is 1. The van der Waals surface area contributed by atoms with E-state index in [1.54, 1.807) is 13.1 Å². The topological polar surface area (TPSA) is 68.7 Å². The van der Waals surface area contributed by atoms with Gasteiger partial charge in [0.2, 0.25) is 10.0 Å². The zero-order chi connectivity index (χ0) is 15.6. The molecule has 2 saturated heterocycles. The van der Waals surface area contributed by atoms with Gasteiger partial charge in [0, 0.05) is 32.3 Å². The second kappa shape index (κ2) is 6.23. The fourth-order valence-corrected chi connectivity index (χ4v) is 4.24. The molecule has 6 nitrogen and oxygen atoms in total. The summed E-state index contributed by atoms with van der Waals surface area (Å²) in [5.74, 6) is 0.142. The van der Waals surface area contributed by atoms with Crippen LogP contribution in [0.5, 0.6) is 0 Å². The molecule has 0 bridgehead atoms. The van der Waals surface area contributed by atoms with E-state index < -0.39 is 10.0 Å². The van der Waals surface area contributed by atoms with Gasteiger partial charge in [-0.05, 0) is 25.5 Å². The summed E-state index contributed by atoms with van der Waals surface area (Å²) in [7, 11) is -3.11. The van der Waals surface area contributed by atoms with Crippen molar-refractivity contribution in [3.8, 4) is 0 Å². The Hall–Kier alpha value is -1.02. The van der Waals surface area contributed by atoms with Crippen molar-refractivity contribution >= 4 is 10.0 Å². The second-order valence-corrected chi connectivity index (χ2v) is 8.20. The largest absolute Gasteiger partial charge is 0.372 e. The molecule has 3 rings (SSSR count). The van der Waals surface area contributed by atoms with Gasteiger partial charge in [-0.1, -0.05) is 6.07 Å². The Balaban J connectivity index is 1.53. The van der Waals surface area contributed by atoms with E-state index in [-0.39, 0.29) is 17.5 Å². The number of ether oxygens (including phenoxy) is 2. The molecule has 7 heteroatoms. The summed E-state index contributed by atoms with van der Waals surface area (Å²) >= 11 is 0. The van der Waals surface area contributed by atoms with Crippen molar-refractivity contribution in [2.75, 3.05) is 25.4 Å². The number of pyridine rings is 1. The van der Waals surface area contributed by atoms with Crippen molar-refractivity contribution < 1.29 is 17.9 Å². The molecule has 0 radical (unpaired) electrons. The molecule has 0 saturated carbocycles. The molecule has 2 fully saturated rings. The van der Waals surface area contributed by atoms with Crippen LogP contribution in [0.25, 0.3) is 0 Å². The molecule has 0 amide bonds. The molecule has 3 heterocycles. The SMILES string of the molecule is CCS(=O)(=O)N1CC2(C[C@@H](OCc3ccccn3)CCO2)C1. The lowest BCUT2D eigenvalue weighted by atomic mass is 9.86. The second-order valence-electron chi connectivity index (χ2n) is 5.95. The Morgan fingerprint density at radius 3 is 2.95 bits per heavy atom. The fraction of sp³-hybridized carbons (Fsp3) is 0.667. The van der Waals surface area contributed by atoms with Gasteiger partial charge in [0.1, 0.15) is 0 Å². The summed E-state index contributed by atoms with van der Waals surface area (Å²) in [5.41, 5.74) is 0.557. The van der Waals surface area contributed by atoms with Crippen LogP contribution in [0.15, 0.2) is 24.4 Å². The van der Waals surface area contributed by atoms with Crippen LogP contribution in [0.1, 0.15) is 25.5 Å². The Labute approximate surface area is 131 Å². The van der Waals surface area contributed by atoms with Gasteiger partial charge in [0.15, 0.2) is 0 Å². The molecule has 2 aliphatic rings. The number of hydrogen-bond acceptors (Lipinski definition) is 5. The van der Waals surface area contributed by atoms with Crippen LogP contribution in [0.3, 0.4) is 0 Å². The van der Waals surface area contributed by atoms with Crippen molar-refractivity contribution in [1.29, 1.82) is 0 Å². The van der Waals surface area contributed by atoms with Crippen molar-refractivity contribution in [2.24, 2.45) is 0 Å². The van der Waals surface area contributed by atoms with Crippen LogP contribution in [0.4, 0.5) is 0 Å². The number of nitrogens with zero attached hydrogens (tertiary/aromatic N) is 2. The van der Waals surface area contributed by atoms with Crippen LogP contribution in [0.2, 0.25) is 0 Å². The highest BCUT2D eigenvalue weighted by Crippen LogP contribution is 2.36. The van der Waals surface area contributed by atoms with Crippen LogP contribution >= 0.6 is 0 Å². The first-order chi connectivity index (χ1) is 10.5. The van der Waals surface area contributed by atoms with Gasteiger partial charge in [-0.3, -0.25) is 4.98 Å². The smallest absolute Gasteiger partial charge is 0.214 e. The highest BCUT2D eigenvalue weighted by atomic mass is 32.2. The minimum absolute atomic E-state index is 0.0993. The lowest BCUT2D eigenvalue weighted by molar-refractivity contribution is -0.180. The van der Waals surface area contributed by atoms with Crippen molar-refractivity contribution in [1.82, 2.24) is 9.29 Å². The fourth-order valence-electron chi connectivity index (χ4n) is 3.01. The molecule has 0 unspecified atom stereocenters. The zero-order valence-corrected chi connectivity index (χ0v) is 13.6. The van der Waals surface area contributed by atoms with E-state index in [1.165, 1.54) is 4.31 Å². The van der Waals surface area contributed by atoms with E-state index in [2.05, 4.69) is 4.98 Å². The van der Waals surface area contributed by atoms with E-state index in [4.69, 9.17) is 9.47 Å². The average Bonchev–Trinajstić information content (AvgIpc) is 2.52. The van der Waals surface area contributed by atoms with E-state index in [0.29, 0.717) is 26.3 Å². The number of sulfonamides is 1. The van der Waals surface area contributed by atoms with Gasteiger partial charge in [-0.15, -0.1) is 0 Å². The molecule has 2 aliphatic heterocycles. The van der Waals surface area contributed by atoms with Crippen molar-refractivity contribution in [3.05, 3.63) is 30.1 Å². The van der Waals surface area contributed by atoms with Gasteiger partial charge >= 0.3 is 0 Å². The summed E-state index contributed by atoms with van der Waals surface area (Å²) in [6, 6.07) is 5.76. The van der Waals surface area contributed by atoms with Crippen LogP contribution in [-0.4, -0.2) is 54.9 Å².